The zero-order valence-electron chi connectivity index (χ0n) is 80.8. The number of rotatable bonds is 28. The van der Waals surface area contributed by atoms with Crippen LogP contribution in [0.4, 0.5) is 41.9 Å². The Kier molecular flexibility index (Phi) is 58.9. The van der Waals surface area contributed by atoms with Crippen molar-refractivity contribution in [2.24, 2.45) is 28.2 Å². The molecule has 4 heterocycles. The number of carbonyl (C=O) groups is 8. The molecule has 140 heavy (non-hydrogen) atoms. The van der Waals surface area contributed by atoms with E-state index in [9.17, 15) is 98.4 Å². The van der Waals surface area contributed by atoms with Crippen molar-refractivity contribution in [3.8, 4) is 23.0 Å². The summed E-state index contributed by atoms with van der Waals surface area (Å²) in [7, 11) is 5.85. The molecule has 0 fully saturated rings. The van der Waals surface area contributed by atoms with E-state index in [1.165, 1.54) is 98.9 Å². The number of hydrogen-bond acceptors (Lipinski definition) is 20. The number of halogens is 3. The molecule has 688 valence electrons. The van der Waals surface area contributed by atoms with Gasteiger partial charge in [0, 0.05) is 118 Å². The van der Waals surface area contributed by atoms with Gasteiger partial charge in [-0.2, -0.15) is 0 Å². The maximum absolute atomic E-state index is 12.6. The fourth-order valence-electron chi connectivity index (χ4n) is 14.1. The average Bonchev–Trinajstić information content (AvgIpc) is 0.816. The van der Waals surface area contributed by atoms with Gasteiger partial charge in [0.15, 0.2) is 0 Å². The predicted molar refractivity (Wildman–Crippen MR) is 484 cm³/mol. The monoisotopic (exact) mass is 2030 g/mol. The van der Waals surface area contributed by atoms with Gasteiger partial charge in [0.25, 0.3) is 22.2 Å². The number of aliphatic carboxylic acids is 4. The molecule has 4 aromatic heterocycles. The number of carboxylic acids is 4. The number of hydrogen-bond donors (Lipinski definition) is 8. The standard InChI is InChI=1S/C25H27N3O5.3C24H24ClN3O5.8Na/c1-15-7-4-5-9-18(15)11-17-8-6-10-19(12-17)20(13-21(29)30)26-25(33)27-22-23(31)16(2)14-28(3)24(22)32;1-14-13-28(2)23(32)21(22(14)31)27-24(33)26-19(12-20(29)30)17-7-3-5-15(10-17)9-16-6-4-8-18(25)11-16;1-14-13-28(2)23(32)21(22(14)31)27-24(33)26-19(12-20(29)30)17-5-3-4-16(11-17)10-15-6-8-18(25)9-7-15;1-14-13-28(2)23(32)21(22(14)31)27-24(33)26-19(12-20(29)30)16-9-7-15(8-10-16)11-17-5-3-4-6-18(17)25;;;;;;;;/h4-10,12,14,20,31H,11,13H2,1-3H3,(H,29,30)(H2,26,27,33);3-8,10-11,13,19,31H,9,12H2,1-2H3,(H,29,30)(H2,26,27,33);3-9,11,13,19,31H,10,12H2,1-2H3,(H,29,30)(H2,26,27,33);3-10,13,19,31H,11-12H2,1-2H3,(H,29,30)(H2,26,27,33);;;;;;;;/q;;;;8*+1/p-8/t20-;;;19-;;;;;;;;/m0..0......../s1. The molecule has 12 aromatic rings. The van der Waals surface area contributed by atoms with Crippen LogP contribution in [0.25, 0.3) is 0 Å². The minimum absolute atomic E-state index is 0. The second-order valence-corrected chi connectivity index (χ2v) is 32.4. The van der Waals surface area contributed by atoms with E-state index < -0.39 is 166 Å². The molecule has 0 bridgehead atoms. The van der Waals surface area contributed by atoms with Gasteiger partial charge in [-0.15, -0.1) is 0 Å². The summed E-state index contributed by atoms with van der Waals surface area (Å²) < 4.78 is 4.75. The van der Waals surface area contributed by atoms with Crippen LogP contribution in [0.2, 0.25) is 15.1 Å². The largest absolute Gasteiger partial charge is 1.00 e. The van der Waals surface area contributed by atoms with Gasteiger partial charge >= 0.3 is 261 Å². The fourth-order valence-corrected chi connectivity index (χ4v) is 14.6. The Hall–Kier alpha value is -7.41. The smallest absolute Gasteiger partial charge is 0.871 e. The molecule has 8 aromatic carbocycles. The molecule has 8 N–H and O–H groups in total. The number of urea groups is 4. The van der Waals surface area contributed by atoms with Crippen LogP contribution in [-0.2, 0) is 73.1 Å². The first-order valence-corrected chi connectivity index (χ1v) is 41.9. The quantitative estimate of drug-likeness (QED) is 0.0211. The van der Waals surface area contributed by atoms with Crippen molar-refractivity contribution >= 4 is 106 Å². The molecule has 0 aliphatic heterocycles. The molecule has 4 atom stereocenters. The molecule has 0 aliphatic carbocycles. The summed E-state index contributed by atoms with van der Waals surface area (Å²) in [4.78, 5) is 145. The van der Waals surface area contributed by atoms with Crippen LogP contribution in [-0.4, -0.2) is 66.3 Å². The number of aromatic nitrogens is 4. The van der Waals surface area contributed by atoms with Crippen LogP contribution in [0.5, 0.6) is 23.0 Å². The number of pyridine rings is 4. The molecule has 0 aliphatic rings. The topological polar surface area (TPSA) is 505 Å². The molecule has 2 unspecified atom stereocenters. The Morgan fingerprint density at radius 2 is 0.550 bits per heavy atom. The minimum Gasteiger partial charge on any atom is -0.871 e. The van der Waals surface area contributed by atoms with Gasteiger partial charge < -0.3 is 121 Å². The average molecular weight is 2040 g/mol. The third-order valence-corrected chi connectivity index (χ3v) is 21.6. The molecule has 0 radical (unpaired) electrons. The summed E-state index contributed by atoms with van der Waals surface area (Å²) in [5, 5.41) is 115. The number of amides is 8. The van der Waals surface area contributed by atoms with E-state index in [-0.39, 0.29) is 253 Å². The number of carboxylic acid groups (broad SMARTS) is 4. The van der Waals surface area contributed by atoms with Gasteiger partial charge in [0.2, 0.25) is 0 Å². The van der Waals surface area contributed by atoms with Crippen LogP contribution in [0.15, 0.2) is 238 Å². The number of nitrogens with zero attached hydrogens (tertiary/aromatic N) is 4. The second kappa shape index (κ2) is 63.1. The summed E-state index contributed by atoms with van der Waals surface area (Å²) in [6.07, 6.45) is 5.90. The second-order valence-electron chi connectivity index (χ2n) is 31.1. The molecule has 8 amide bonds. The van der Waals surface area contributed by atoms with E-state index in [1.54, 1.807) is 84.9 Å². The Bertz CT molecular complexity index is 6580. The Morgan fingerprint density at radius 3 is 0.864 bits per heavy atom. The molecule has 32 nitrogen and oxygen atoms in total. The number of anilines is 4. The van der Waals surface area contributed by atoms with Crippen molar-refractivity contribution in [2.75, 3.05) is 21.3 Å². The van der Waals surface area contributed by atoms with Crippen molar-refractivity contribution in [3.63, 3.8) is 0 Å². The van der Waals surface area contributed by atoms with Crippen LogP contribution in [0.1, 0.15) is 144 Å². The SMILES string of the molecule is Cc1ccccc1Cc1cccc([C@H](CC(=O)[O-])NC(=O)Nc2c([O-])c(C)cn(C)c2=O)c1.Cc1cn(C)c(=O)c(NC(=O)NC(CC(=O)[O-])c2cccc(Cc3ccc(Cl)cc3)c2)c1[O-].Cc1cn(C)c(=O)c(NC(=O)NC(CC(=O)[O-])c2cccc(Cc3cccc(Cl)c3)c2)c1[O-].Cc1cn(C)c(=O)c(NC(=O)N[C@@H](CC(=O)[O-])c2ccc(Cc3ccccc3Cl)cc2)c1[O-].[Na+].[Na+].[Na+].[Na+].[Na+].[Na+].[Na+].[Na+]. The Labute approximate surface area is 999 Å². The third-order valence-electron chi connectivity index (χ3n) is 20.8. The summed E-state index contributed by atoms with van der Waals surface area (Å²) in [6, 6.07) is 51.4. The normalized spacial score (nSPS) is 10.9. The first-order valence-electron chi connectivity index (χ1n) is 40.8. The number of nitrogens with one attached hydrogen (secondary N) is 8. The van der Waals surface area contributed by atoms with Crippen molar-refractivity contribution in [3.05, 3.63) is 370 Å². The van der Waals surface area contributed by atoms with Crippen molar-refractivity contribution < 1.29 is 316 Å². The van der Waals surface area contributed by atoms with E-state index in [1.807, 2.05) is 116 Å². The van der Waals surface area contributed by atoms with Gasteiger partial charge in [-0.3, -0.25) is 19.2 Å². The molecule has 12 rings (SSSR count). The van der Waals surface area contributed by atoms with Crippen LogP contribution >= 0.6 is 34.8 Å². The Balaban J connectivity index is 0.000000916. The Morgan fingerprint density at radius 1 is 0.286 bits per heavy atom. The van der Waals surface area contributed by atoms with Gasteiger partial charge in [-0.25, -0.2) is 19.2 Å². The van der Waals surface area contributed by atoms with Crippen LogP contribution in [0, 0.1) is 34.6 Å². The zero-order chi connectivity index (χ0) is 96.5. The minimum atomic E-state index is -1.36. The van der Waals surface area contributed by atoms with E-state index in [0.29, 0.717) is 68.6 Å². The van der Waals surface area contributed by atoms with Crippen molar-refractivity contribution in [1.82, 2.24) is 39.5 Å². The first kappa shape index (κ1) is 131. The number of carbonyl (C=O) groups excluding carboxylic acids is 8. The maximum Gasteiger partial charge on any atom is 1.00 e. The molecular formula is C97H91Cl3N12Na8O20. The summed E-state index contributed by atoms with van der Waals surface area (Å²) in [5.74, 6) is -7.84. The van der Waals surface area contributed by atoms with Crippen LogP contribution in [0.3, 0.4) is 0 Å². The maximum atomic E-state index is 12.6. The predicted octanol–water partition coefficient (Wildman–Crippen LogP) is -16.3. The van der Waals surface area contributed by atoms with Crippen LogP contribution < -0.4 is 342 Å². The molecule has 43 heteroatoms. The zero-order valence-corrected chi connectivity index (χ0v) is 99.1. The molecule has 0 saturated heterocycles. The first-order chi connectivity index (χ1) is 62.6. The summed E-state index contributed by atoms with van der Waals surface area (Å²) >= 11 is 18.2. The van der Waals surface area contributed by atoms with Gasteiger partial charge in [-0.05, 0) is 185 Å². The fraction of sp³-hybridized carbons (Fsp3) is 0.216. The van der Waals surface area contributed by atoms with Crippen molar-refractivity contribution in [1.29, 1.82) is 0 Å². The third kappa shape index (κ3) is 39.9. The van der Waals surface area contributed by atoms with E-state index in [4.69, 9.17) is 34.8 Å². The van der Waals surface area contributed by atoms with Gasteiger partial charge in [0.1, 0.15) is 22.7 Å². The van der Waals surface area contributed by atoms with E-state index >= 15 is 0 Å². The number of benzene rings is 8. The van der Waals surface area contributed by atoms with Crippen molar-refractivity contribution in [2.45, 2.75) is 110 Å². The molecule has 0 spiro atoms. The van der Waals surface area contributed by atoms with E-state index in [0.717, 1.165) is 50.1 Å². The summed E-state index contributed by atoms with van der Waals surface area (Å²) in [5.41, 5.74) is 7.94. The summed E-state index contributed by atoms with van der Waals surface area (Å²) in [6.45, 7) is 8.12. The van der Waals surface area contributed by atoms with E-state index in [2.05, 4.69) is 42.5 Å². The molecular weight excluding hydrogens is 1940 g/mol. The number of aryl methyl sites for hydroxylation is 9. The van der Waals surface area contributed by atoms with Gasteiger partial charge in [-0.1, -0.05) is 222 Å². The van der Waals surface area contributed by atoms with Gasteiger partial charge in [0.05, 0.1) is 24.2 Å². The molecule has 0 saturated carbocycles.